The van der Waals surface area contributed by atoms with Crippen LogP contribution >= 0.6 is 0 Å². The predicted octanol–water partition coefficient (Wildman–Crippen LogP) is 6.15. The molecular weight excluding hydrogens is 412 g/mol. The normalized spacial score (nSPS) is 12.5. The molecule has 33 heavy (non-hydrogen) atoms. The standard InChI is InChI=1S/C28H38N2O3/c1-5-6-7-15-24(28-25(32-3)17-10-18-26(28)33-4)16-9-19-27(31)30-22(2)12-8-13-23-14-11-20-29-21-23/h9-11,14,16-22H,5-8,12-13,15H2,1-4H3,(H,30,31)/t22-/m1/s1. The molecule has 0 fully saturated rings. The Morgan fingerprint density at radius 1 is 1.09 bits per heavy atom. The minimum Gasteiger partial charge on any atom is -0.496 e. The van der Waals surface area contributed by atoms with Crippen molar-refractivity contribution in [2.24, 2.45) is 0 Å². The molecule has 0 aliphatic carbocycles. The van der Waals surface area contributed by atoms with Crippen molar-refractivity contribution in [1.29, 1.82) is 0 Å². The highest BCUT2D eigenvalue weighted by Gasteiger charge is 2.14. The first-order chi connectivity index (χ1) is 16.1. The SMILES string of the molecule is CCCCCC(=CC=CC(=O)N[C@H](C)CCCc1cccnc1)c1c(OC)cccc1OC. The van der Waals surface area contributed by atoms with Gasteiger partial charge in [0.05, 0.1) is 19.8 Å². The van der Waals surface area contributed by atoms with Crippen molar-refractivity contribution in [3.8, 4) is 11.5 Å². The predicted molar refractivity (Wildman–Crippen MR) is 136 cm³/mol. The van der Waals surface area contributed by atoms with Crippen LogP contribution in [-0.4, -0.2) is 31.2 Å². The van der Waals surface area contributed by atoms with Gasteiger partial charge in [-0.25, -0.2) is 0 Å². The molecule has 1 aromatic heterocycles. The van der Waals surface area contributed by atoms with Crippen LogP contribution in [0.3, 0.4) is 0 Å². The fraction of sp³-hybridized carbons (Fsp3) is 0.429. The van der Waals surface area contributed by atoms with Crippen LogP contribution in [0.4, 0.5) is 0 Å². The Kier molecular flexibility index (Phi) is 11.8. The number of nitrogens with one attached hydrogen (secondary N) is 1. The Morgan fingerprint density at radius 3 is 2.48 bits per heavy atom. The Bertz CT molecular complexity index is 884. The molecule has 0 unspecified atom stereocenters. The van der Waals surface area contributed by atoms with E-state index in [9.17, 15) is 4.79 Å². The van der Waals surface area contributed by atoms with Crippen LogP contribution in [0.5, 0.6) is 11.5 Å². The van der Waals surface area contributed by atoms with Crippen molar-refractivity contribution in [3.05, 3.63) is 72.1 Å². The van der Waals surface area contributed by atoms with E-state index in [1.165, 1.54) is 5.56 Å². The van der Waals surface area contributed by atoms with E-state index in [1.807, 2.05) is 49.5 Å². The molecule has 0 spiro atoms. The smallest absolute Gasteiger partial charge is 0.244 e. The number of pyridine rings is 1. The van der Waals surface area contributed by atoms with Crippen molar-refractivity contribution in [1.82, 2.24) is 10.3 Å². The third-order valence-corrected chi connectivity index (χ3v) is 5.56. The number of ether oxygens (including phenoxy) is 2. The van der Waals surface area contributed by atoms with Gasteiger partial charge in [-0.1, -0.05) is 44.1 Å². The maximum absolute atomic E-state index is 12.4. The van der Waals surface area contributed by atoms with Crippen molar-refractivity contribution < 1.29 is 14.3 Å². The maximum atomic E-state index is 12.4. The second kappa shape index (κ2) is 14.9. The van der Waals surface area contributed by atoms with E-state index >= 15 is 0 Å². The zero-order chi connectivity index (χ0) is 23.9. The van der Waals surface area contributed by atoms with Gasteiger partial charge in [-0.2, -0.15) is 0 Å². The molecule has 0 aliphatic rings. The fourth-order valence-electron chi connectivity index (χ4n) is 3.80. The van der Waals surface area contributed by atoms with Crippen molar-refractivity contribution in [2.45, 2.75) is 64.8 Å². The molecule has 0 bridgehead atoms. The molecule has 0 aliphatic heterocycles. The highest BCUT2D eigenvalue weighted by molar-refractivity contribution is 5.88. The van der Waals surface area contributed by atoms with E-state index in [0.717, 1.165) is 67.6 Å². The zero-order valence-corrected chi connectivity index (χ0v) is 20.5. The summed E-state index contributed by atoms with van der Waals surface area (Å²) in [6, 6.07) is 9.95. The summed E-state index contributed by atoms with van der Waals surface area (Å²) in [6.45, 7) is 4.23. The highest BCUT2D eigenvalue weighted by Crippen LogP contribution is 2.37. The number of nitrogens with zero attached hydrogens (tertiary/aromatic N) is 1. The molecule has 5 nitrogen and oxygen atoms in total. The fourth-order valence-corrected chi connectivity index (χ4v) is 3.80. The lowest BCUT2D eigenvalue weighted by Gasteiger charge is -2.16. The Morgan fingerprint density at radius 2 is 1.85 bits per heavy atom. The molecule has 0 saturated heterocycles. The summed E-state index contributed by atoms with van der Waals surface area (Å²) in [7, 11) is 3.34. The molecule has 1 N–H and O–H groups in total. The quantitative estimate of drug-likeness (QED) is 0.213. The molecule has 2 aromatic rings. The van der Waals surface area contributed by atoms with E-state index in [0.29, 0.717) is 0 Å². The number of benzene rings is 1. The maximum Gasteiger partial charge on any atom is 0.244 e. The average Bonchev–Trinajstić information content (AvgIpc) is 2.83. The van der Waals surface area contributed by atoms with Gasteiger partial charge in [0.25, 0.3) is 0 Å². The van der Waals surface area contributed by atoms with Gasteiger partial charge < -0.3 is 14.8 Å². The van der Waals surface area contributed by atoms with Gasteiger partial charge in [0.1, 0.15) is 11.5 Å². The summed E-state index contributed by atoms with van der Waals surface area (Å²) in [4.78, 5) is 16.6. The van der Waals surface area contributed by atoms with Crippen LogP contribution < -0.4 is 14.8 Å². The van der Waals surface area contributed by atoms with Gasteiger partial charge in [0, 0.05) is 24.5 Å². The van der Waals surface area contributed by atoms with E-state index in [1.54, 1.807) is 26.5 Å². The molecule has 1 amide bonds. The van der Waals surface area contributed by atoms with E-state index in [-0.39, 0.29) is 11.9 Å². The number of methoxy groups -OCH3 is 2. The minimum atomic E-state index is -0.0833. The molecule has 1 atom stereocenters. The number of carbonyl (C=O) groups excluding carboxylic acids is 1. The molecule has 0 radical (unpaired) electrons. The van der Waals surface area contributed by atoms with Crippen molar-refractivity contribution in [3.63, 3.8) is 0 Å². The van der Waals surface area contributed by atoms with E-state index in [4.69, 9.17) is 9.47 Å². The summed E-state index contributed by atoms with van der Waals surface area (Å²) in [5.74, 6) is 1.47. The second-order valence-electron chi connectivity index (χ2n) is 8.21. The van der Waals surface area contributed by atoms with Gasteiger partial charge >= 0.3 is 0 Å². The first-order valence-corrected chi connectivity index (χ1v) is 11.9. The second-order valence-corrected chi connectivity index (χ2v) is 8.21. The lowest BCUT2D eigenvalue weighted by Crippen LogP contribution is -2.31. The number of amides is 1. The van der Waals surface area contributed by atoms with Crippen LogP contribution in [0, 0.1) is 0 Å². The van der Waals surface area contributed by atoms with Crippen LogP contribution in [0.2, 0.25) is 0 Å². The number of aromatic nitrogens is 1. The van der Waals surface area contributed by atoms with Crippen LogP contribution in [0.15, 0.2) is 61.0 Å². The summed E-state index contributed by atoms with van der Waals surface area (Å²) in [5, 5.41) is 3.06. The molecule has 178 valence electrons. The van der Waals surface area contributed by atoms with Gasteiger partial charge in [-0.05, 0) is 68.4 Å². The third-order valence-electron chi connectivity index (χ3n) is 5.56. The summed E-state index contributed by atoms with van der Waals surface area (Å²) in [5.41, 5.74) is 3.28. The van der Waals surface area contributed by atoms with E-state index < -0.39 is 0 Å². The first kappa shape index (κ1) is 26.2. The topological polar surface area (TPSA) is 60.5 Å². The van der Waals surface area contributed by atoms with Crippen LogP contribution in [-0.2, 0) is 11.2 Å². The average molecular weight is 451 g/mol. The number of unbranched alkanes of at least 4 members (excludes halogenated alkanes) is 2. The van der Waals surface area contributed by atoms with Crippen molar-refractivity contribution in [2.75, 3.05) is 14.2 Å². The molecular formula is C28H38N2O3. The summed E-state index contributed by atoms with van der Waals surface area (Å²) in [6.07, 6.45) is 16.2. The molecule has 2 rings (SSSR count). The lowest BCUT2D eigenvalue weighted by molar-refractivity contribution is -0.117. The van der Waals surface area contributed by atoms with Gasteiger partial charge in [-0.3, -0.25) is 9.78 Å². The number of carbonyl (C=O) groups is 1. The summed E-state index contributed by atoms with van der Waals surface area (Å²) < 4.78 is 11.2. The number of hydrogen-bond donors (Lipinski definition) is 1. The first-order valence-electron chi connectivity index (χ1n) is 11.9. The summed E-state index contributed by atoms with van der Waals surface area (Å²) >= 11 is 0. The van der Waals surface area contributed by atoms with Gasteiger partial charge in [0.2, 0.25) is 5.91 Å². The Hall–Kier alpha value is -3.08. The Balaban J connectivity index is 2.00. The molecule has 0 saturated carbocycles. The molecule has 1 aromatic carbocycles. The Labute approximate surface area is 198 Å². The minimum absolute atomic E-state index is 0.0833. The lowest BCUT2D eigenvalue weighted by atomic mass is 9.97. The number of aryl methyl sites for hydroxylation is 1. The molecule has 1 heterocycles. The van der Waals surface area contributed by atoms with Gasteiger partial charge in [0.15, 0.2) is 0 Å². The van der Waals surface area contributed by atoms with E-state index in [2.05, 4.69) is 23.3 Å². The highest BCUT2D eigenvalue weighted by atomic mass is 16.5. The van der Waals surface area contributed by atoms with Crippen LogP contribution in [0.1, 0.15) is 63.5 Å². The van der Waals surface area contributed by atoms with Crippen LogP contribution in [0.25, 0.3) is 5.57 Å². The van der Waals surface area contributed by atoms with Crippen molar-refractivity contribution >= 4 is 11.5 Å². The number of allylic oxidation sites excluding steroid dienone is 3. The van der Waals surface area contributed by atoms with Gasteiger partial charge in [-0.15, -0.1) is 0 Å². The largest absolute Gasteiger partial charge is 0.496 e. The number of hydrogen-bond acceptors (Lipinski definition) is 4. The molecule has 5 heteroatoms. The monoisotopic (exact) mass is 450 g/mol. The third kappa shape index (κ3) is 9.13. The zero-order valence-electron chi connectivity index (χ0n) is 20.5. The number of rotatable bonds is 14.